The number of hydrogen-bond acceptors (Lipinski definition) is 5. The number of carbonyl (C=O) groups excluding carboxylic acids is 1. The molecule has 1 unspecified atom stereocenters. The molecule has 2 rings (SSSR count). The molecule has 6 heteroatoms. The predicted molar refractivity (Wildman–Crippen MR) is 73.5 cm³/mol. The molecule has 1 aliphatic heterocycles. The summed E-state index contributed by atoms with van der Waals surface area (Å²) in [5.74, 6) is -0.383. The van der Waals surface area contributed by atoms with E-state index in [9.17, 15) is 4.79 Å². The van der Waals surface area contributed by atoms with Crippen LogP contribution >= 0.6 is 15.9 Å². The van der Waals surface area contributed by atoms with Gasteiger partial charge in [0.15, 0.2) is 0 Å². The van der Waals surface area contributed by atoms with Crippen molar-refractivity contribution in [3.63, 3.8) is 0 Å². The van der Waals surface area contributed by atoms with Crippen molar-refractivity contribution in [3.8, 4) is 0 Å². The molecule has 0 spiro atoms. The van der Waals surface area contributed by atoms with E-state index in [0.717, 1.165) is 16.6 Å². The average Bonchev–Trinajstić information content (AvgIpc) is 2.87. The van der Waals surface area contributed by atoms with E-state index in [1.807, 2.05) is 26.0 Å². The minimum atomic E-state index is -0.637. The summed E-state index contributed by atoms with van der Waals surface area (Å²) >= 11 is 3.32. The van der Waals surface area contributed by atoms with Crippen LogP contribution in [0.25, 0.3) is 0 Å². The Hall–Kier alpha value is -1.43. The minimum absolute atomic E-state index is 0.126. The maximum atomic E-state index is 11.6. The molecule has 0 saturated heterocycles. The lowest BCUT2D eigenvalue weighted by atomic mass is 10.1. The van der Waals surface area contributed by atoms with Gasteiger partial charge < -0.3 is 9.57 Å². The van der Waals surface area contributed by atoms with E-state index < -0.39 is 6.29 Å². The first-order valence-corrected chi connectivity index (χ1v) is 6.94. The van der Waals surface area contributed by atoms with Crippen LogP contribution in [-0.4, -0.2) is 23.0 Å². The van der Waals surface area contributed by atoms with Gasteiger partial charge in [-0.15, -0.1) is 0 Å². The van der Waals surface area contributed by atoms with Crippen LogP contribution in [0.5, 0.6) is 0 Å². The number of esters is 1. The molecule has 0 aliphatic carbocycles. The summed E-state index contributed by atoms with van der Waals surface area (Å²) in [6.45, 7) is 3.77. The zero-order valence-electron chi connectivity index (χ0n) is 10.8. The van der Waals surface area contributed by atoms with E-state index >= 15 is 0 Å². The molecule has 102 valence electrons. The highest BCUT2D eigenvalue weighted by atomic mass is 79.9. The highest BCUT2D eigenvalue weighted by molar-refractivity contribution is 9.10. The summed E-state index contributed by atoms with van der Waals surface area (Å²) in [5.41, 5.74) is 1.42. The van der Waals surface area contributed by atoms with Crippen molar-refractivity contribution >= 4 is 27.6 Å². The predicted octanol–water partition coefficient (Wildman–Crippen LogP) is 2.88. The zero-order valence-corrected chi connectivity index (χ0v) is 12.4. The van der Waals surface area contributed by atoms with Crippen molar-refractivity contribution < 1.29 is 14.4 Å². The standard InChI is InChI=1S/C13H15BrN2O3/c1-3-8(2)13(17)18-12-6-11(16-19-12)10-5-4-9(14)7-15-10/h4-5,7-8,12H,3,6H2,1-2H3/t8?,12-/m0/s1. The van der Waals surface area contributed by atoms with E-state index in [1.54, 1.807) is 6.20 Å². The van der Waals surface area contributed by atoms with Gasteiger partial charge in [0.05, 0.1) is 18.0 Å². The monoisotopic (exact) mass is 326 g/mol. The number of nitrogens with zero attached hydrogens (tertiary/aromatic N) is 2. The van der Waals surface area contributed by atoms with Crippen LogP contribution in [0.3, 0.4) is 0 Å². The summed E-state index contributed by atoms with van der Waals surface area (Å²) < 4.78 is 6.13. The van der Waals surface area contributed by atoms with Crippen molar-refractivity contribution in [2.75, 3.05) is 0 Å². The summed E-state index contributed by atoms with van der Waals surface area (Å²) in [6, 6.07) is 3.72. The lowest BCUT2D eigenvalue weighted by Crippen LogP contribution is -2.22. The lowest BCUT2D eigenvalue weighted by molar-refractivity contribution is -0.177. The fourth-order valence-electron chi connectivity index (χ4n) is 1.53. The first kappa shape index (κ1) is 14.0. The van der Waals surface area contributed by atoms with Crippen LogP contribution in [0.1, 0.15) is 32.4 Å². The van der Waals surface area contributed by atoms with Crippen LogP contribution in [0.4, 0.5) is 0 Å². The van der Waals surface area contributed by atoms with E-state index in [1.165, 1.54) is 0 Å². The topological polar surface area (TPSA) is 60.8 Å². The zero-order chi connectivity index (χ0) is 13.8. The Morgan fingerprint density at radius 3 is 3.05 bits per heavy atom. The van der Waals surface area contributed by atoms with Gasteiger partial charge in [-0.3, -0.25) is 9.78 Å². The van der Waals surface area contributed by atoms with Crippen LogP contribution in [-0.2, 0) is 14.4 Å². The van der Waals surface area contributed by atoms with E-state index in [2.05, 4.69) is 26.1 Å². The van der Waals surface area contributed by atoms with Gasteiger partial charge in [-0.1, -0.05) is 19.0 Å². The van der Waals surface area contributed by atoms with Crippen molar-refractivity contribution in [2.45, 2.75) is 33.0 Å². The number of rotatable bonds is 4. The third-order valence-corrected chi connectivity index (χ3v) is 3.39. The first-order chi connectivity index (χ1) is 9.10. The molecular weight excluding hydrogens is 312 g/mol. The highest BCUT2D eigenvalue weighted by Crippen LogP contribution is 2.19. The van der Waals surface area contributed by atoms with E-state index in [0.29, 0.717) is 12.1 Å². The second-order valence-corrected chi connectivity index (χ2v) is 5.30. The molecule has 0 radical (unpaired) electrons. The second-order valence-electron chi connectivity index (χ2n) is 4.38. The molecule has 0 saturated carbocycles. The molecule has 1 aromatic heterocycles. The van der Waals surface area contributed by atoms with Gasteiger partial charge in [0, 0.05) is 10.7 Å². The van der Waals surface area contributed by atoms with Gasteiger partial charge >= 0.3 is 5.97 Å². The molecule has 1 aromatic rings. The number of hydrogen-bond donors (Lipinski definition) is 0. The Kier molecular flexibility index (Phi) is 4.52. The Balaban J connectivity index is 1.92. The third-order valence-electron chi connectivity index (χ3n) is 2.93. The molecular formula is C13H15BrN2O3. The second kappa shape index (κ2) is 6.14. The number of pyridine rings is 1. The minimum Gasteiger partial charge on any atom is -0.422 e. The molecule has 0 amide bonds. The first-order valence-electron chi connectivity index (χ1n) is 6.15. The number of oxime groups is 1. The van der Waals surface area contributed by atoms with Gasteiger partial charge in [-0.05, 0) is 34.5 Å². The normalized spacial score (nSPS) is 19.5. The number of halogens is 1. The van der Waals surface area contributed by atoms with Crippen molar-refractivity contribution in [3.05, 3.63) is 28.5 Å². The summed E-state index contributed by atoms with van der Waals surface area (Å²) in [5, 5.41) is 3.92. The maximum Gasteiger partial charge on any atom is 0.311 e. The molecule has 2 atom stereocenters. The van der Waals surface area contributed by atoms with Gasteiger partial charge in [-0.25, -0.2) is 0 Å². The van der Waals surface area contributed by atoms with Gasteiger partial charge in [-0.2, -0.15) is 0 Å². The smallest absolute Gasteiger partial charge is 0.311 e. The van der Waals surface area contributed by atoms with Crippen LogP contribution in [0, 0.1) is 5.92 Å². The van der Waals surface area contributed by atoms with Crippen molar-refractivity contribution in [1.82, 2.24) is 4.98 Å². The third kappa shape index (κ3) is 3.53. The summed E-state index contributed by atoms with van der Waals surface area (Å²) in [4.78, 5) is 21.0. The molecule has 1 aliphatic rings. The van der Waals surface area contributed by atoms with Crippen LogP contribution in [0.15, 0.2) is 28.0 Å². The fraction of sp³-hybridized carbons (Fsp3) is 0.462. The Labute approximate surface area is 120 Å². The Bertz CT molecular complexity index is 487. The van der Waals surface area contributed by atoms with Crippen molar-refractivity contribution in [1.29, 1.82) is 0 Å². The lowest BCUT2D eigenvalue weighted by Gasteiger charge is -2.12. The number of ether oxygens (including phenoxy) is 1. The molecule has 5 nitrogen and oxygen atoms in total. The molecule has 0 aromatic carbocycles. The quantitative estimate of drug-likeness (QED) is 0.798. The highest BCUT2D eigenvalue weighted by Gasteiger charge is 2.27. The molecule has 0 fully saturated rings. The fourth-order valence-corrected chi connectivity index (χ4v) is 1.76. The molecule has 19 heavy (non-hydrogen) atoms. The maximum absolute atomic E-state index is 11.6. The SMILES string of the molecule is CCC(C)C(=O)O[C@@H]1CC(c2ccc(Br)cn2)=NO1. The van der Waals surface area contributed by atoms with Crippen molar-refractivity contribution in [2.24, 2.45) is 11.1 Å². The Morgan fingerprint density at radius 2 is 2.42 bits per heavy atom. The van der Waals surface area contributed by atoms with Gasteiger partial charge in [0.2, 0.25) is 0 Å². The van der Waals surface area contributed by atoms with Gasteiger partial charge in [0.25, 0.3) is 6.29 Å². The average molecular weight is 327 g/mol. The van der Waals surface area contributed by atoms with E-state index in [-0.39, 0.29) is 11.9 Å². The Morgan fingerprint density at radius 1 is 1.63 bits per heavy atom. The molecule has 0 N–H and O–H groups in total. The van der Waals surface area contributed by atoms with Gasteiger partial charge in [0.1, 0.15) is 5.71 Å². The van der Waals surface area contributed by atoms with Crippen LogP contribution in [0.2, 0.25) is 0 Å². The molecule has 2 heterocycles. The van der Waals surface area contributed by atoms with E-state index in [4.69, 9.17) is 9.57 Å². The number of aromatic nitrogens is 1. The summed E-state index contributed by atoms with van der Waals surface area (Å²) in [7, 11) is 0. The molecule has 0 bridgehead atoms. The summed E-state index contributed by atoms with van der Waals surface area (Å²) in [6.07, 6.45) is 2.22. The number of carbonyl (C=O) groups is 1. The largest absolute Gasteiger partial charge is 0.422 e. The van der Waals surface area contributed by atoms with Crippen LogP contribution < -0.4 is 0 Å².